The van der Waals surface area contributed by atoms with Gasteiger partial charge in [0.25, 0.3) is 0 Å². The Balaban J connectivity index is 1.51. The monoisotopic (exact) mass is 382 g/mol. The zero-order chi connectivity index (χ0) is 19.0. The van der Waals surface area contributed by atoms with Crippen LogP contribution in [0.5, 0.6) is 5.75 Å². The van der Waals surface area contributed by atoms with E-state index in [1.165, 1.54) is 0 Å². The highest BCUT2D eigenvalue weighted by molar-refractivity contribution is 6.30. The molecule has 0 bridgehead atoms. The number of halogens is 1. The number of nitrogens with zero attached hydrogens (tertiary/aromatic N) is 2. The van der Waals surface area contributed by atoms with E-state index in [2.05, 4.69) is 5.10 Å². The summed E-state index contributed by atoms with van der Waals surface area (Å²) in [7, 11) is 0. The number of carboxylic acids is 1. The summed E-state index contributed by atoms with van der Waals surface area (Å²) in [5, 5.41) is 14.2. The van der Waals surface area contributed by atoms with Gasteiger partial charge in [0.2, 0.25) is 0 Å². The highest BCUT2D eigenvalue weighted by atomic mass is 35.5. The number of rotatable bonds is 6. The molecular formula is C21H19ClN2O3. The van der Waals surface area contributed by atoms with Crippen molar-refractivity contribution in [1.82, 2.24) is 9.78 Å². The number of hydrogen-bond acceptors (Lipinski definition) is 3. The second-order valence-electron chi connectivity index (χ2n) is 6.84. The molecule has 1 aliphatic carbocycles. The van der Waals surface area contributed by atoms with E-state index >= 15 is 0 Å². The Morgan fingerprint density at radius 2 is 1.93 bits per heavy atom. The van der Waals surface area contributed by atoms with Crippen LogP contribution in [0, 0.1) is 18.8 Å². The van der Waals surface area contributed by atoms with Crippen molar-refractivity contribution in [2.24, 2.45) is 11.8 Å². The molecule has 3 aromatic rings. The maximum absolute atomic E-state index is 10.9. The van der Waals surface area contributed by atoms with Crippen LogP contribution >= 0.6 is 11.6 Å². The number of hydrogen-bond donors (Lipinski definition) is 1. The van der Waals surface area contributed by atoms with Crippen molar-refractivity contribution in [1.29, 1.82) is 0 Å². The van der Waals surface area contributed by atoms with Crippen molar-refractivity contribution < 1.29 is 14.6 Å². The third-order valence-corrected chi connectivity index (χ3v) is 5.01. The molecule has 0 aliphatic heterocycles. The zero-order valence-electron chi connectivity index (χ0n) is 14.8. The number of carbonyl (C=O) groups is 1. The first kappa shape index (κ1) is 17.6. The molecule has 2 aromatic carbocycles. The molecule has 0 saturated heterocycles. The van der Waals surface area contributed by atoms with Gasteiger partial charge < -0.3 is 9.84 Å². The number of benzene rings is 2. The van der Waals surface area contributed by atoms with Crippen molar-refractivity contribution in [3.8, 4) is 22.7 Å². The molecule has 1 aromatic heterocycles. The molecule has 6 heteroatoms. The summed E-state index contributed by atoms with van der Waals surface area (Å²) in [6.45, 7) is 2.40. The van der Waals surface area contributed by atoms with Gasteiger partial charge in [-0.25, -0.2) is 4.68 Å². The normalized spacial score (nSPS) is 18.3. The van der Waals surface area contributed by atoms with Crippen molar-refractivity contribution in [3.05, 3.63) is 65.3 Å². The van der Waals surface area contributed by atoms with Crippen LogP contribution in [0.25, 0.3) is 16.9 Å². The Labute approximate surface area is 162 Å². The predicted molar refractivity (Wildman–Crippen MR) is 103 cm³/mol. The number of ether oxygens (including phenoxy) is 1. The van der Waals surface area contributed by atoms with E-state index in [9.17, 15) is 4.79 Å². The molecule has 0 spiro atoms. The van der Waals surface area contributed by atoms with E-state index in [1.807, 2.05) is 66.2 Å². The summed E-state index contributed by atoms with van der Waals surface area (Å²) in [4.78, 5) is 10.9. The zero-order valence-corrected chi connectivity index (χ0v) is 15.6. The molecule has 5 nitrogen and oxygen atoms in total. The van der Waals surface area contributed by atoms with Crippen molar-refractivity contribution in [3.63, 3.8) is 0 Å². The van der Waals surface area contributed by atoms with E-state index in [-0.39, 0.29) is 11.8 Å². The van der Waals surface area contributed by atoms with Gasteiger partial charge in [-0.1, -0.05) is 11.6 Å². The van der Waals surface area contributed by atoms with Crippen LogP contribution in [0.3, 0.4) is 0 Å². The Bertz CT molecular complexity index is 964. The fraction of sp³-hybridized carbons (Fsp3) is 0.238. The smallest absolute Gasteiger partial charge is 0.306 e. The molecule has 27 heavy (non-hydrogen) atoms. The van der Waals surface area contributed by atoms with Crippen molar-refractivity contribution >= 4 is 17.6 Å². The molecule has 2 atom stereocenters. The van der Waals surface area contributed by atoms with E-state index < -0.39 is 5.97 Å². The Morgan fingerprint density at radius 3 is 2.56 bits per heavy atom. The minimum absolute atomic E-state index is 0.121. The number of aromatic nitrogens is 2. The molecule has 1 heterocycles. The minimum Gasteiger partial charge on any atom is -0.493 e. The lowest BCUT2D eigenvalue weighted by atomic mass is 10.1. The average molecular weight is 383 g/mol. The molecule has 0 amide bonds. The van der Waals surface area contributed by atoms with Gasteiger partial charge >= 0.3 is 5.97 Å². The number of aliphatic carboxylic acids is 1. The lowest BCUT2D eigenvalue weighted by molar-refractivity contribution is -0.138. The van der Waals surface area contributed by atoms with Crippen LogP contribution in [0.4, 0.5) is 0 Å². The maximum atomic E-state index is 10.9. The first-order valence-corrected chi connectivity index (χ1v) is 9.18. The van der Waals surface area contributed by atoms with Gasteiger partial charge in [-0.3, -0.25) is 4.79 Å². The van der Waals surface area contributed by atoms with Crippen molar-refractivity contribution in [2.45, 2.75) is 13.3 Å². The average Bonchev–Trinajstić information content (AvgIpc) is 3.35. The standard InChI is InChI=1S/C21H19ClN2O3/c1-13-10-20(24(23-13)17-6-4-16(22)5-7-17)14-2-8-18(9-3-14)27-12-15-11-19(15)21(25)26/h2-10,15,19H,11-12H2,1H3,(H,25,26)/t15-,19+/m0/s1. The van der Waals surface area contributed by atoms with Gasteiger partial charge in [0.05, 0.1) is 29.6 Å². The lowest BCUT2D eigenvalue weighted by Crippen LogP contribution is -2.06. The summed E-state index contributed by atoms with van der Waals surface area (Å²) in [5.41, 5.74) is 3.87. The van der Waals surface area contributed by atoms with Crippen molar-refractivity contribution in [2.75, 3.05) is 6.61 Å². The summed E-state index contributed by atoms with van der Waals surface area (Å²) < 4.78 is 7.63. The second-order valence-corrected chi connectivity index (χ2v) is 7.27. The van der Waals surface area contributed by atoms with Gasteiger partial charge in [0.15, 0.2) is 0 Å². The van der Waals surface area contributed by atoms with E-state index in [0.29, 0.717) is 18.1 Å². The molecule has 0 unspecified atom stereocenters. The molecule has 4 rings (SSSR count). The van der Waals surface area contributed by atoms with Crippen LogP contribution in [0.2, 0.25) is 5.02 Å². The van der Waals surface area contributed by atoms with Gasteiger partial charge in [0.1, 0.15) is 5.75 Å². The molecule has 1 N–H and O–H groups in total. The molecule has 1 saturated carbocycles. The molecular weight excluding hydrogens is 364 g/mol. The Kier molecular flexibility index (Phi) is 4.62. The number of aryl methyl sites for hydroxylation is 1. The summed E-state index contributed by atoms with van der Waals surface area (Å²) >= 11 is 5.99. The summed E-state index contributed by atoms with van der Waals surface area (Å²) in [5.74, 6) is -0.119. The van der Waals surface area contributed by atoms with Gasteiger partial charge in [-0.15, -0.1) is 0 Å². The van der Waals surface area contributed by atoms with Crippen LogP contribution in [0.1, 0.15) is 12.1 Å². The van der Waals surface area contributed by atoms with Crippen LogP contribution in [0.15, 0.2) is 54.6 Å². The first-order valence-electron chi connectivity index (χ1n) is 8.80. The van der Waals surface area contributed by atoms with Gasteiger partial charge in [0, 0.05) is 16.5 Å². The third kappa shape index (κ3) is 3.83. The molecule has 138 valence electrons. The first-order chi connectivity index (χ1) is 13.0. The lowest BCUT2D eigenvalue weighted by Gasteiger charge is -2.09. The third-order valence-electron chi connectivity index (χ3n) is 4.76. The fourth-order valence-corrected chi connectivity index (χ4v) is 3.27. The van der Waals surface area contributed by atoms with E-state index in [4.69, 9.17) is 21.4 Å². The molecule has 1 fully saturated rings. The predicted octanol–water partition coefficient (Wildman–Crippen LogP) is 4.60. The van der Waals surface area contributed by atoms with Crippen LogP contribution < -0.4 is 4.74 Å². The number of carboxylic acid groups (broad SMARTS) is 1. The quantitative estimate of drug-likeness (QED) is 0.676. The van der Waals surface area contributed by atoms with Gasteiger partial charge in [-0.05, 0) is 67.9 Å². The van der Waals surface area contributed by atoms with Gasteiger partial charge in [-0.2, -0.15) is 5.10 Å². The minimum atomic E-state index is -0.732. The summed E-state index contributed by atoms with van der Waals surface area (Å²) in [6, 6.07) is 17.4. The largest absolute Gasteiger partial charge is 0.493 e. The highest BCUT2D eigenvalue weighted by Gasteiger charge is 2.43. The van der Waals surface area contributed by atoms with E-state index in [0.717, 1.165) is 28.4 Å². The topological polar surface area (TPSA) is 64.3 Å². The van der Waals surface area contributed by atoms with Crippen LogP contribution in [-0.2, 0) is 4.79 Å². The maximum Gasteiger partial charge on any atom is 0.306 e. The van der Waals surface area contributed by atoms with E-state index in [1.54, 1.807) is 0 Å². The highest BCUT2D eigenvalue weighted by Crippen LogP contribution is 2.39. The SMILES string of the molecule is Cc1cc(-c2ccc(OC[C@@H]3C[C@H]3C(=O)O)cc2)n(-c2ccc(Cl)cc2)n1. The second kappa shape index (κ2) is 7.08. The summed E-state index contributed by atoms with van der Waals surface area (Å²) in [6.07, 6.45) is 0.701. The van der Waals surface area contributed by atoms with Crippen LogP contribution in [-0.4, -0.2) is 27.5 Å². The fourth-order valence-electron chi connectivity index (χ4n) is 3.14. The molecule has 0 radical (unpaired) electrons. The molecule has 1 aliphatic rings. The Hall–Kier alpha value is -2.79. The Morgan fingerprint density at radius 1 is 1.22 bits per heavy atom.